The van der Waals surface area contributed by atoms with Crippen LogP contribution < -0.4 is 5.32 Å². The molecule has 0 unspecified atom stereocenters. The van der Waals surface area contributed by atoms with E-state index in [4.69, 9.17) is 4.74 Å². The maximum Gasteiger partial charge on any atom is 0.0624 e. The first kappa shape index (κ1) is 13.9. The highest BCUT2D eigenvalue weighted by Gasteiger charge is 2.14. The third-order valence-corrected chi connectivity index (χ3v) is 2.81. The van der Waals surface area contributed by atoms with Gasteiger partial charge in [0.1, 0.15) is 0 Å². The Morgan fingerprint density at radius 3 is 2.43 bits per heavy atom. The number of hydrogen-bond donors (Lipinski definition) is 1. The topological polar surface area (TPSA) is 21.3 Å². The molecule has 0 aromatic heterocycles. The van der Waals surface area contributed by atoms with Crippen LogP contribution in [0.3, 0.4) is 0 Å². The van der Waals surface area contributed by atoms with Gasteiger partial charge in [-0.05, 0) is 32.7 Å². The van der Waals surface area contributed by atoms with Gasteiger partial charge in [-0.3, -0.25) is 0 Å². The summed E-state index contributed by atoms with van der Waals surface area (Å²) in [5, 5.41) is 3.41. The van der Waals surface area contributed by atoms with Crippen molar-refractivity contribution in [1.82, 2.24) is 5.32 Å². The molecule has 0 bridgehead atoms. The van der Waals surface area contributed by atoms with E-state index in [0.29, 0.717) is 0 Å². The highest BCUT2D eigenvalue weighted by molar-refractivity contribution is 4.65. The molecule has 0 saturated carbocycles. The van der Waals surface area contributed by atoms with Crippen LogP contribution in [0, 0.1) is 5.92 Å². The molecule has 0 aromatic rings. The molecule has 2 heteroatoms. The Bertz CT molecular complexity index is 134. The van der Waals surface area contributed by atoms with E-state index in [1.54, 1.807) is 0 Å². The van der Waals surface area contributed by atoms with Crippen molar-refractivity contribution in [2.24, 2.45) is 5.92 Å². The van der Waals surface area contributed by atoms with Gasteiger partial charge in [-0.2, -0.15) is 0 Å². The lowest BCUT2D eigenvalue weighted by Gasteiger charge is -2.23. The zero-order valence-electron chi connectivity index (χ0n) is 10.5. The van der Waals surface area contributed by atoms with Crippen molar-refractivity contribution in [2.75, 3.05) is 19.7 Å². The van der Waals surface area contributed by atoms with E-state index >= 15 is 0 Å². The van der Waals surface area contributed by atoms with Crippen LogP contribution in [-0.2, 0) is 4.74 Å². The van der Waals surface area contributed by atoms with Crippen molar-refractivity contribution in [3.05, 3.63) is 0 Å². The molecule has 1 atom stereocenters. The van der Waals surface area contributed by atoms with Crippen LogP contribution in [0.5, 0.6) is 0 Å². The van der Waals surface area contributed by atoms with Crippen molar-refractivity contribution in [1.29, 1.82) is 0 Å². The molecule has 0 amide bonds. The predicted molar refractivity (Wildman–Crippen MR) is 62.6 cm³/mol. The summed E-state index contributed by atoms with van der Waals surface area (Å²) in [4.78, 5) is 0. The van der Waals surface area contributed by atoms with E-state index < -0.39 is 0 Å². The van der Waals surface area contributed by atoms with Crippen LogP contribution in [0.15, 0.2) is 0 Å². The monoisotopic (exact) mass is 201 g/mol. The lowest BCUT2D eigenvalue weighted by Crippen LogP contribution is -2.30. The first-order valence-electron chi connectivity index (χ1n) is 5.86. The fourth-order valence-electron chi connectivity index (χ4n) is 0.994. The van der Waals surface area contributed by atoms with Crippen molar-refractivity contribution in [3.63, 3.8) is 0 Å². The molecule has 0 fully saturated rings. The minimum atomic E-state index is 0.0397. The normalized spacial score (nSPS) is 14.4. The Morgan fingerprint density at radius 1 is 1.29 bits per heavy atom. The van der Waals surface area contributed by atoms with Gasteiger partial charge in [0.15, 0.2) is 0 Å². The van der Waals surface area contributed by atoms with Crippen molar-refractivity contribution >= 4 is 0 Å². The smallest absolute Gasteiger partial charge is 0.0624 e. The zero-order valence-corrected chi connectivity index (χ0v) is 10.5. The van der Waals surface area contributed by atoms with E-state index in [1.165, 1.54) is 6.42 Å². The minimum Gasteiger partial charge on any atom is -0.374 e. The predicted octanol–water partition coefficient (Wildman–Crippen LogP) is 2.83. The van der Waals surface area contributed by atoms with E-state index in [1.807, 2.05) is 0 Å². The van der Waals surface area contributed by atoms with E-state index in [9.17, 15) is 0 Å². The molecule has 14 heavy (non-hydrogen) atoms. The Kier molecular flexibility index (Phi) is 7.20. The third-order valence-electron chi connectivity index (χ3n) is 2.81. The number of rotatable bonds is 8. The fraction of sp³-hybridized carbons (Fsp3) is 1.00. The maximum absolute atomic E-state index is 5.73. The second-order valence-corrected chi connectivity index (χ2v) is 4.68. The summed E-state index contributed by atoms with van der Waals surface area (Å²) >= 11 is 0. The average Bonchev–Trinajstić information content (AvgIpc) is 2.17. The standard InChI is InChI=1S/C12H27NO/c1-6-11(3)10-13-8-9-14-12(4,5)7-2/h11,13H,6-10H2,1-5H3/t11-/m0/s1. The van der Waals surface area contributed by atoms with E-state index in [2.05, 4.69) is 39.9 Å². The molecule has 0 rings (SSSR count). The van der Waals surface area contributed by atoms with Crippen molar-refractivity contribution < 1.29 is 4.74 Å². The molecule has 86 valence electrons. The van der Waals surface area contributed by atoms with Gasteiger partial charge in [-0.25, -0.2) is 0 Å². The summed E-state index contributed by atoms with van der Waals surface area (Å²) in [5.41, 5.74) is 0.0397. The lowest BCUT2D eigenvalue weighted by atomic mass is 10.1. The third kappa shape index (κ3) is 7.34. The van der Waals surface area contributed by atoms with E-state index in [-0.39, 0.29) is 5.60 Å². The molecule has 0 spiro atoms. The van der Waals surface area contributed by atoms with Crippen LogP contribution in [0.1, 0.15) is 47.5 Å². The van der Waals surface area contributed by atoms with Gasteiger partial charge in [0.2, 0.25) is 0 Å². The van der Waals surface area contributed by atoms with Gasteiger partial charge >= 0.3 is 0 Å². The summed E-state index contributed by atoms with van der Waals surface area (Å²) in [5.74, 6) is 0.772. The Hall–Kier alpha value is -0.0800. The van der Waals surface area contributed by atoms with Crippen LogP contribution in [0.4, 0.5) is 0 Å². The van der Waals surface area contributed by atoms with Crippen LogP contribution in [-0.4, -0.2) is 25.3 Å². The van der Waals surface area contributed by atoms with Gasteiger partial charge in [0.25, 0.3) is 0 Å². The van der Waals surface area contributed by atoms with Crippen molar-refractivity contribution in [3.8, 4) is 0 Å². The van der Waals surface area contributed by atoms with Crippen molar-refractivity contribution in [2.45, 2.75) is 53.1 Å². The number of ether oxygens (including phenoxy) is 1. The molecule has 0 radical (unpaired) electrons. The Balaban J connectivity index is 3.30. The molecular weight excluding hydrogens is 174 g/mol. The molecule has 0 aliphatic heterocycles. The summed E-state index contributed by atoms with van der Waals surface area (Å²) in [6.07, 6.45) is 2.31. The largest absolute Gasteiger partial charge is 0.374 e. The average molecular weight is 201 g/mol. The van der Waals surface area contributed by atoms with Gasteiger partial charge in [0.05, 0.1) is 12.2 Å². The maximum atomic E-state index is 5.73. The first-order valence-corrected chi connectivity index (χ1v) is 5.86. The van der Waals surface area contributed by atoms with Crippen LogP contribution in [0.25, 0.3) is 0 Å². The SMILES string of the molecule is CC[C@H](C)CNCCOC(C)(C)CC. The number of hydrogen-bond acceptors (Lipinski definition) is 2. The molecule has 1 N–H and O–H groups in total. The second-order valence-electron chi connectivity index (χ2n) is 4.68. The molecule has 0 aliphatic carbocycles. The molecule has 0 aromatic carbocycles. The molecule has 0 saturated heterocycles. The van der Waals surface area contributed by atoms with Crippen LogP contribution >= 0.6 is 0 Å². The minimum absolute atomic E-state index is 0.0397. The van der Waals surface area contributed by atoms with Gasteiger partial charge in [0, 0.05) is 6.54 Å². The Labute approximate surface area is 89.4 Å². The molecule has 2 nitrogen and oxygen atoms in total. The van der Waals surface area contributed by atoms with E-state index in [0.717, 1.165) is 32.0 Å². The highest BCUT2D eigenvalue weighted by atomic mass is 16.5. The Morgan fingerprint density at radius 2 is 1.93 bits per heavy atom. The second kappa shape index (κ2) is 7.24. The van der Waals surface area contributed by atoms with Gasteiger partial charge < -0.3 is 10.1 Å². The lowest BCUT2D eigenvalue weighted by molar-refractivity contribution is -0.0181. The summed E-state index contributed by atoms with van der Waals surface area (Å²) in [6, 6.07) is 0. The summed E-state index contributed by atoms with van der Waals surface area (Å²) < 4.78 is 5.73. The molecule has 0 heterocycles. The molecule has 0 aliphatic rings. The number of nitrogens with one attached hydrogen (secondary N) is 1. The van der Waals surface area contributed by atoms with Crippen LogP contribution in [0.2, 0.25) is 0 Å². The summed E-state index contributed by atoms with van der Waals surface area (Å²) in [6.45, 7) is 13.8. The summed E-state index contributed by atoms with van der Waals surface area (Å²) in [7, 11) is 0. The first-order chi connectivity index (χ1) is 6.52. The zero-order chi connectivity index (χ0) is 11.0. The van der Waals surface area contributed by atoms with Gasteiger partial charge in [-0.15, -0.1) is 0 Å². The van der Waals surface area contributed by atoms with Gasteiger partial charge in [-0.1, -0.05) is 27.2 Å². The molecular formula is C12H27NO. The highest BCUT2D eigenvalue weighted by Crippen LogP contribution is 2.12. The fourth-order valence-corrected chi connectivity index (χ4v) is 0.994. The quantitative estimate of drug-likeness (QED) is 0.610.